The minimum absolute atomic E-state index is 0.212. The number of nitrogens with one attached hydrogen (secondary N) is 1. The average molecular weight is 385 g/mol. The molecule has 0 unspecified atom stereocenters. The van der Waals surface area contributed by atoms with Gasteiger partial charge >= 0.3 is 0 Å². The summed E-state index contributed by atoms with van der Waals surface area (Å²) in [4.78, 5) is 12.4. The predicted octanol–water partition coefficient (Wildman–Crippen LogP) is 5.77. The number of allylic oxidation sites excluding steroid dienone is 1. The highest BCUT2D eigenvalue weighted by Crippen LogP contribution is 2.37. The Hall–Kier alpha value is -3.15. The van der Waals surface area contributed by atoms with Gasteiger partial charge in [-0.05, 0) is 57.0 Å². The largest absolute Gasteiger partial charge is 0.493 e. The monoisotopic (exact) mass is 385 g/mol. The Morgan fingerprint density at radius 3 is 2.71 bits per heavy atom. The van der Waals surface area contributed by atoms with E-state index < -0.39 is 17.5 Å². The van der Waals surface area contributed by atoms with Crippen LogP contribution in [-0.4, -0.2) is 12.5 Å². The zero-order valence-electron chi connectivity index (χ0n) is 16.2. The van der Waals surface area contributed by atoms with E-state index in [9.17, 15) is 13.6 Å². The number of furan rings is 1. The van der Waals surface area contributed by atoms with Crippen LogP contribution in [0.2, 0.25) is 0 Å². The summed E-state index contributed by atoms with van der Waals surface area (Å²) in [5.74, 6) is -1.27. The molecule has 0 atom stereocenters. The first-order chi connectivity index (χ1) is 13.3. The molecular weight excluding hydrogens is 364 g/mol. The van der Waals surface area contributed by atoms with Crippen LogP contribution < -0.4 is 10.1 Å². The maximum atomic E-state index is 13.8. The number of ether oxygens (including phenoxy) is 1. The minimum atomic E-state index is -0.706. The van der Waals surface area contributed by atoms with E-state index >= 15 is 0 Å². The number of benzene rings is 2. The van der Waals surface area contributed by atoms with Gasteiger partial charge in [-0.1, -0.05) is 0 Å². The number of aryl methyl sites for hydroxylation is 2. The fraction of sp³-hybridized carbons (Fsp3) is 0.227. The van der Waals surface area contributed by atoms with E-state index in [0.29, 0.717) is 17.9 Å². The zero-order valence-corrected chi connectivity index (χ0v) is 16.2. The maximum absolute atomic E-state index is 13.8. The maximum Gasteiger partial charge on any atom is 0.248 e. The van der Waals surface area contributed by atoms with Gasteiger partial charge < -0.3 is 14.5 Å². The van der Waals surface area contributed by atoms with Crippen LogP contribution in [0, 0.1) is 25.5 Å². The first-order valence-electron chi connectivity index (χ1n) is 8.90. The Bertz CT molecular complexity index is 1080. The smallest absolute Gasteiger partial charge is 0.248 e. The number of hydrogen-bond donors (Lipinski definition) is 1. The average Bonchev–Trinajstić information content (AvgIpc) is 3.01. The number of hydrogen-bond acceptors (Lipinski definition) is 3. The number of fused-ring (bicyclic) bond motifs is 1. The first-order valence-corrected chi connectivity index (χ1v) is 8.90. The summed E-state index contributed by atoms with van der Waals surface area (Å²) >= 11 is 0. The fourth-order valence-electron chi connectivity index (χ4n) is 3.10. The molecule has 4 nitrogen and oxygen atoms in total. The molecule has 0 spiro atoms. The van der Waals surface area contributed by atoms with Crippen molar-refractivity contribution in [3.8, 4) is 5.75 Å². The fourth-order valence-corrected chi connectivity index (χ4v) is 3.10. The van der Waals surface area contributed by atoms with Crippen LogP contribution in [0.4, 0.5) is 14.5 Å². The van der Waals surface area contributed by atoms with Gasteiger partial charge in [-0.3, -0.25) is 4.79 Å². The summed E-state index contributed by atoms with van der Waals surface area (Å²) in [6.45, 7) is 7.93. The molecule has 28 heavy (non-hydrogen) atoms. The lowest BCUT2D eigenvalue weighted by molar-refractivity contribution is -0.111. The second-order valence-corrected chi connectivity index (χ2v) is 6.55. The highest BCUT2D eigenvalue weighted by Gasteiger charge is 2.17. The zero-order chi connectivity index (χ0) is 20.4. The summed E-state index contributed by atoms with van der Waals surface area (Å²) < 4.78 is 38.5. The molecule has 1 aromatic heterocycles. The topological polar surface area (TPSA) is 51.5 Å². The van der Waals surface area contributed by atoms with Crippen LogP contribution in [0.15, 0.2) is 41.0 Å². The lowest BCUT2D eigenvalue weighted by atomic mass is 9.98. The summed E-state index contributed by atoms with van der Waals surface area (Å²) in [6, 6.07) is 4.81. The molecule has 0 radical (unpaired) electrons. The Morgan fingerprint density at radius 2 is 2.00 bits per heavy atom. The molecule has 0 bridgehead atoms. The number of carbonyl (C=O) groups excluding carboxylic acids is 1. The molecular formula is C22H21F2NO3. The Labute approximate surface area is 161 Å². The van der Waals surface area contributed by atoms with E-state index in [1.54, 1.807) is 13.2 Å². The predicted molar refractivity (Wildman–Crippen MR) is 105 cm³/mol. The molecule has 3 aromatic rings. The number of rotatable bonds is 5. The van der Waals surface area contributed by atoms with Gasteiger partial charge in [-0.15, -0.1) is 0 Å². The van der Waals surface area contributed by atoms with Gasteiger partial charge in [0.25, 0.3) is 0 Å². The van der Waals surface area contributed by atoms with E-state index in [1.165, 1.54) is 6.08 Å². The molecule has 0 aliphatic rings. The summed E-state index contributed by atoms with van der Waals surface area (Å²) in [5, 5.41) is 3.30. The molecule has 0 fully saturated rings. The normalized spacial score (nSPS) is 11.7. The Kier molecular flexibility index (Phi) is 5.49. The van der Waals surface area contributed by atoms with E-state index in [2.05, 4.69) is 5.32 Å². The summed E-state index contributed by atoms with van der Waals surface area (Å²) in [6.07, 6.45) is 3.01. The van der Waals surface area contributed by atoms with Gasteiger partial charge in [0, 0.05) is 28.7 Å². The third-order valence-electron chi connectivity index (χ3n) is 4.48. The van der Waals surface area contributed by atoms with Crippen molar-refractivity contribution in [3.05, 3.63) is 64.9 Å². The van der Waals surface area contributed by atoms with Crippen LogP contribution in [0.3, 0.4) is 0 Å². The molecule has 1 N–H and O–H groups in total. The number of anilines is 1. The van der Waals surface area contributed by atoms with E-state index in [-0.39, 0.29) is 5.69 Å². The van der Waals surface area contributed by atoms with Crippen LogP contribution >= 0.6 is 0 Å². The van der Waals surface area contributed by atoms with Crippen molar-refractivity contribution in [2.24, 2.45) is 0 Å². The lowest BCUT2D eigenvalue weighted by Gasteiger charge is -2.14. The van der Waals surface area contributed by atoms with E-state index in [4.69, 9.17) is 9.15 Å². The van der Waals surface area contributed by atoms with E-state index in [1.807, 2.05) is 26.8 Å². The minimum Gasteiger partial charge on any atom is -0.493 e. The molecule has 146 valence electrons. The van der Waals surface area contributed by atoms with Crippen LogP contribution in [0.1, 0.15) is 30.5 Å². The molecule has 2 aromatic carbocycles. The van der Waals surface area contributed by atoms with Gasteiger partial charge in [-0.25, -0.2) is 8.78 Å². The van der Waals surface area contributed by atoms with E-state index in [0.717, 1.165) is 45.9 Å². The van der Waals surface area contributed by atoms with Gasteiger partial charge in [0.1, 0.15) is 23.0 Å². The molecule has 3 rings (SSSR count). The number of carbonyl (C=O) groups is 1. The lowest BCUT2D eigenvalue weighted by Crippen LogP contribution is -2.10. The van der Waals surface area contributed by atoms with Crippen molar-refractivity contribution in [1.82, 2.24) is 0 Å². The summed E-state index contributed by atoms with van der Waals surface area (Å²) in [5.41, 5.74) is 3.71. The van der Waals surface area contributed by atoms with Gasteiger partial charge in [0.2, 0.25) is 5.91 Å². The second kappa shape index (κ2) is 7.84. The first kappa shape index (κ1) is 19.6. The third kappa shape index (κ3) is 3.76. The van der Waals surface area contributed by atoms with Crippen molar-refractivity contribution in [1.29, 1.82) is 0 Å². The molecule has 0 saturated carbocycles. The van der Waals surface area contributed by atoms with Gasteiger partial charge in [0.15, 0.2) is 0 Å². The van der Waals surface area contributed by atoms with Crippen molar-refractivity contribution >= 4 is 28.1 Å². The van der Waals surface area contributed by atoms with Crippen LogP contribution in [-0.2, 0) is 4.79 Å². The Balaban J connectivity index is 2.00. The SMILES string of the molecule is CCOc1c(/C(C)=C/C(=O)Nc2cc(F)ccc2F)cc2c(C)coc2c1C. The molecule has 0 aliphatic heterocycles. The van der Waals surface area contributed by atoms with Gasteiger partial charge in [-0.2, -0.15) is 0 Å². The molecule has 1 heterocycles. The quantitative estimate of drug-likeness (QED) is 0.568. The molecule has 6 heteroatoms. The van der Waals surface area contributed by atoms with Crippen molar-refractivity contribution in [2.45, 2.75) is 27.7 Å². The van der Waals surface area contributed by atoms with Crippen molar-refractivity contribution < 1.29 is 22.7 Å². The third-order valence-corrected chi connectivity index (χ3v) is 4.48. The highest BCUT2D eigenvalue weighted by atomic mass is 19.1. The number of halogens is 2. The van der Waals surface area contributed by atoms with Crippen molar-refractivity contribution in [3.63, 3.8) is 0 Å². The molecule has 1 amide bonds. The second-order valence-electron chi connectivity index (χ2n) is 6.55. The molecule has 0 aliphatic carbocycles. The standard InChI is InChI=1S/C22H21F2NO3/c1-5-27-21-14(4)22-17(13(3)11-28-22)10-16(21)12(2)8-20(26)25-19-9-15(23)6-7-18(19)24/h6-11H,5H2,1-4H3,(H,25,26)/b12-8+. The Morgan fingerprint density at radius 1 is 1.25 bits per heavy atom. The summed E-state index contributed by atoms with van der Waals surface area (Å²) in [7, 11) is 0. The van der Waals surface area contributed by atoms with Crippen LogP contribution in [0.5, 0.6) is 5.75 Å². The highest BCUT2D eigenvalue weighted by molar-refractivity contribution is 6.05. The molecule has 0 saturated heterocycles. The number of amides is 1. The van der Waals surface area contributed by atoms with Gasteiger partial charge in [0.05, 0.1) is 18.6 Å². The van der Waals surface area contributed by atoms with Crippen LogP contribution in [0.25, 0.3) is 16.5 Å². The van der Waals surface area contributed by atoms with Crippen molar-refractivity contribution in [2.75, 3.05) is 11.9 Å².